The van der Waals surface area contributed by atoms with Crippen LogP contribution in [0.5, 0.6) is 0 Å². The second-order valence-corrected chi connectivity index (χ2v) is 3.93. The van der Waals surface area contributed by atoms with Gasteiger partial charge in [0.1, 0.15) is 13.4 Å². The molecule has 0 N–H and O–H groups in total. The molecule has 72 valence electrons. The van der Waals surface area contributed by atoms with E-state index >= 15 is 0 Å². The Morgan fingerprint density at radius 2 is 2.13 bits per heavy atom. The minimum absolute atomic E-state index is 0.633. The van der Waals surface area contributed by atoms with E-state index in [1.165, 1.54) is 0 Å². The van der Waals surface area contributed by atoms with Crippen LogP contribution in [0.2, 0.25) is 5.02 Å². The molecule has 0 aliphatic carbocycles. The normalized spacial score (nSPS) is 11.3. The second-order valence-electron chi connectivity index (χ2n) is 3.52. The summed E-state index contributed by atoms with van der Waals surface area (Å²) in [6.07, 6.45) is 1.76. The Kier molecular flexibility index (Phi) is 1.76. The molecular formula is C11H7BClNO. The van der Waals surface area contributed by atoms with Crippen LogP contribution in [-0.2, 0) is 0 Å². The molecule has 0 fully saturated rings. The van der Waals surface area contributed by atoms with Gasteiger partial charge in [0.25, 0.3) is 0 Å². The number of hydrogen-bond acceptors (Lipinski definition) is 2. The quantitative estimate of drug-likeness (QED) is 0.535. The minimum atomic E-state index is 0.633. The standard InChI is InChI=1S/C11H7BClNO/c12-6-3-4-7(13)11-9(6)10-8(15-11)2-1-5-14-10/h1-5H,12H2. The molecule has 1 aromatic carbocycles. The number of rotatable bonds is 0. The Labute approximate surface area is 92.3 Å². The summed E-state index contributed by atoms with van der Waals surface area (Å²) >= 11 is 6.08. The summed E-state index contributed by atoms with van der Waals surface area (Å²) in [5, 5.41) is 1.65. The maximum atomic E-state index is 6.08. The first-order chi connectivity index (χ1) is 7.27. The topological polar surface area (TPSA) is 26.0 Å². The molecule has 2 heterocycles. The van der Waals surface area contributed by atoms with Crippen LogP contribution in [0.15, 0.2) is 34.9 Å². The Hall–Kier alpha value is -1.48. The van der Waals surface area contributed by atoms with Gasteiger partial charge in [-0.2, -0.15) is 0 Å². The van der Waals surface area contributed by atoms with Crippen molar-refractivity contribution in [3.8, 4) is 0 Å². The summed E-state index contributed by atoms with van der Waals surface area (Å²) in [6, 6.07) is 7.59. The zero-order chi connectivity index (χ0) is 10.4. The lowest BCUT2D eigenvalue weighted by molar-refractivity contribution is 0.668. The molecule has 0 unspecified atom stereocenters. The first-order valence-corrected chi connectivity index (χ1v) is 5.07. The van der Waals surface area contributed by atoms with Gasteiger partial charge in [0.15, 0.2) is 11.2 Å². The predicted octanol–water partition coefficient (Wildman–Crippen LogP) is 1.89. The van der Waals surface area contributed by atoms with E-state index in [2.05, 4.69) is 4.98 Å². The predicted molar refractivity (Wildman–Crippen MR) is 64.7 cm³/mol. The highest BCUT2D eigenvalue weighted by Crippen LogP contribution is 2.30. The van der Waals surface area contributed by atoms with Crippen molar-refractivity contribution in [1.29, 1.82) is 0 Å². The number of halogens is 1. The maximum Gasteiger partial charge on any atom is 0.155 e. The highest BCUT2D eigenvalue weighted by Gasteiger charge is 2.11. The Morgan fingerprint density at radius 1 is 1.27 bits per heavy atom. The van der Waals surface area contributed by atoms with Crippen LogP contribution in [0.25, 0.3) is 22.1 Å². The van der Waals surface area contributed by atoms with E-state index in [-0.39, 0.29) is 0 Å². The van der Waals surface area contributed by atoms with Gasteiger partial charge >= 0.3 is 0 Å². The first-order valence-electron chi connectivity index (χ1n) is 4.70. The third-order valence-electron chi connectivity index (χ3n) is 2.54. The van der Waals surface area contributed by atoms with Gasteiger partial charge in [-0.25, -0.2) is 0 Å². The van der Waals surface area contributed by atoms with Gasteiger partial charge in [-0.15, -0.1) is 0 Å². The van der Waals surface area contributed by atoms with Crippen LogP contribution < -0.4 is 5.46 Å². The van der Waals surface area contributed by atoms with Crippen molar-refractivity contribution in [3.05, 3.63) is 35.5 Å². The molecule has 2 aromatic heterocycles. The number of furan rings is 1. The molecule has 0 atom stereocenters. The Bertz CT molecular complexity index is 662. The van der Waals surface area contributed by atoms with Crippen molar-refractivity contribution >= 4 is 47.0 Å². The van der Waals surface area contributed by atoms with E-state index in [0.29, 0.717) is 5.02 Å². The molecule has 3 rings (SSSR count). The highest BCUT2D eigenvalue weighted by atomic mass is 35.5. The number of pyridine rings is 1. The summed E-state index contributed by atoms with van der Waals surface area (Å²) < 4.78 is 5.67. The molecule has 0 aliphatic heterocycles. The van der Waals surface area contributed by atoms with Gasteiger partial charge in [0, 0.05) is 11.6 Å². The van der Waals surface area contributed by atoms with Crippen molar-refractivity contribution in [2.24, 2.45) is 0 Å². The number of nitrogens with zero attached hydrogens (tertiary/aromatic N) is 1. The second kappa shape index (κ2) is 3.01. The molecule has 2 nitrogen and oxygen atoms in total. The smallest absolute Gasteiger partial charge is 0.155 e. The molecule has 15 heavy (non-hydrogen) atoms. The zero-order valence-electron chi connectivity index (χ0n) is 8.12. The van der Waals surface area contributed by atoms with E-state index in [0.717, 1.165) is 27.5 Å². The van der Waals surface area contributed by atoms with Gasteiger partial charge in [0.2, 0.25) is 0 Å². The Balaban J connectivity index is 2.66. The fourth-order valence-electron chi connectivity index (χ4n) is 1.82. The highest BCUT2D eigenvalue weighted by molar-refractivity contribution is 6.44. The Morgan fingerprint density at radius 3 is 3.00 bits per heavy atom. The van der Waals surface area contributed by atoms with E-state index in [4.69, 9.17) is 16.0 Å². The summed E-state index contributed by atoms with van der Waals surface area (Å²) in [5.74, 6) is 0. The first kappa shape index (κ1) is 8.80. The molecule has 4 heteroatoms. The lowest BCUT2D eigenvalue weighted by atomic mass is 9.92. The van der Waals surface area contributed by atoms with Gasteiger partial charge in [-0.3, -0.25) is 4.98 Å². The van der Waals surface area contributed by atoms with Crippen LogP contribution in [-0.4, -0.2) is 12.8 Å². The lowest BCUT2D eigenvalue weighted by Gasteiger charge is -1.96. The van der Waals surface area contributed by atoms with Crippen LogP contribution in [0.4, 0.5) is 0 Å². The summed E-state index contributed by atoms with van der Waals surface area (Å²) in [5.41, 5.74) is 3.52. The number of benzene rings is 1. The number of fused-ring (bicyclic) bond motifs is 3. The molecule has 0 saturated carbocycles. The molecule has 0 amide bonds. The van der Waals surface area contributed by atoms with Crippen molar-refractivity contribution in [2.75, 3.05) is 0 Å². The van der Waals surface area contributed by atoms with Crippen LogP contribution in [0.1, 0.15) is 0 Å². The largest absolute Gasteiger partial charge is 0.453 e. The van der Waals surface area contributed by atoms with Gasteiger partial charge < -0.3 is 4.42 Å². The van der Waals surface area contributed by atoms with Crippen LogP contribution in [0, 0.1) is 0 Å². The SMILES string of the molecule is Bc1ccc(Cl)c2oc3cccnc3c12. The summed E-state index contributed by atoms with van der Waals surface area (Å²) in [4.78, 5) is 4.32. The summed E-state index contributed by atoms with van der Waals surface area (Å²) in [7, 11) is 2.03. The van der Waals surface area contributed by atoms with E-state index in [1.807, 2.05) is 32.1 Å². The fourth-order valence-corrected chi connectivity index (χ4v) is 2.02. The van der Waals surface area contributed by atoms with Crippen LogP contribution >= 0.6 is 11.6 Å². The summed E-state index contributed by atoms with van der Waals surface area (Å²) in [6.45, 7) is 0. The van der Waals surface area contributed by atoms with E-state index < -0.39 is 0 Å². The molecule has 3 aromatic rings. The van der Waals surface area contributed by atoms with Crippen molar-refractivity contribution < 1.29 is 4.42 Å². The average Bonchev–Trinajstić information content (AvgIpc) is 2.64. The molecule has 0 spiro atoms. The average molecular weight is 215 g/mol. The molecule has 0 aliphatic rings. The van der Waals surface area contributed by atoms with Crippen molar-refractivity contribution in [1.82, 2.24) is 4.98 Å². The van der Waals surface area contributed by atoms with Crippen molar-refractivity contribution in [2.45, 2.75) is 0 Å². The van der Waals surface area contributed by atoms with Gasteiger partial charge in [-0.05, 0) is 18.2 Å². The van der Waals surface area contributed by atoms with Gasteiger partial charge in [0.05, 0.1) is 5.02 Å². The maximum absolute atomic E-state index is 6.08. The van der Waals surface area contributed by atoms with Crippen molar-refractivity contribution in [3.63, 3.8) is 0 Å². The lowest BCUT2D eigenvalue weighted by Crippen LogP contribution is -2.02. The molecule has 0 bridgehead atoms. The number of aromatic nitrogens is 1. The third-order valence-corrected chi connectivity index (χ3v) is 2.84. The molecule has 0 radical (unpaired) electrons. The molecule has 0 saturated heterocycles. The zero-order valence-corrected chi connectivity index (χ0v) is 8.88. The monoisotopic (exact) mass is 215 g/mol. The van der Waals surface area contributed by atoms with Crippen LogP contribution in [0.3, 0.4) is 0 Å². The molecular weight excluding hydrogens is 208 g/mol. The third kappa shape index (κ3) is 1.16. The number of hydrogen-bond donors (Lipinski definition) is 0. The fraction of sp³-hybridized carbons (Fsp3) is 0. The van der Waals surface area contributed by atoms with E-state index in [9.17, 15) is 0 Å². The minimum Gasteiger partial charge on any atom is -0.453 e. The van der Waals surface area contributed by atoms with E-state index in [1.54, 1.807) is 6.20 Å². The van der Waals surface area contributed by atoms with Gasteiger partial charge in [-0.1, -0.05) is 23.1 Å².